The Hall–Kier alpha value is -0.610. The first kappa shape index (κ1) is 15.8. The van der Waals surface area contributed by atoms with Crippen molar-refractivity contribution in [1.82, 2.24) is 5.32 Å². The van der Waals surface area contributed by atoms with Crippen molar-refractivity contribution in [2.75, 3.05) is 13.2 Å². The third-order valence-corrected chi connectivity index (χ3v) is 4.85. The van der Waals surface area contributed by atoms with Gasteiger partial charge in [0.2, 0.25) is 5.91 Å². The Morgan fingerprint density at radius 2 is 1.95 bits per heavy atom. The molecule has 116 valence electrons. The Bertz CT molecular complexity index is 303. The van der Waals surface area contributed by atoms with Crippen LogP contribution < -0.4 is 11.1 Å². The molecule has 4 nitrogen and oxygen atoms in total. The van der Waals surface area contributed by atoms with E-state index in [4.69, 9.17) is 10.5 Å². The first-order valence-electron chi connectivity index (χ1n) is 8.31. The number of carbonyl (C=O) groups is 1. The van der Waals surface area contributed by atoms with Crippen molar-refractivity contribution in [2.24, 2.45) is 17.6 Å². The third-order valence-electron chi connectivity index (χ3n) is 4.85. The molecular weight excluding hydrogens is 252 g/mol. The number of rotatable bonds is 5. The molecule has 0 heterocycles. The van der Waals surface area contributed by atoms with Crippen LogP contribution in [0, 0.1) is 11.8 Å². The van der Waals surface area contributed by atoms with Gasteiger partial charge in [0.05, 0.1) is 12.7 Å². The molecule has 2 aliphatic carbocycles. The molecule has 2 saturated carbocycles. The second-order valence-corrected chi connectivity index (χ2v) is 6.58. The van der Waals surface area contributed by atoms with Crippen molar-refractivity contribution in [2.45, 2.75) is 70.4 Å². The summed E-state index contributed by atoms with van der Waals surface area (Å²) >= 11 is 0. The zero-order valence-corrected chi connectivity index (χ0v) is 12.8. The lowest BCUT2D eigenvalue weighted by atomic mass is 9.78. The number of amides is 1. The molecule has 0 aliphatic heterocycles. The SMILES string of the molecule is CC1CC(N)CCC1C(=O)NCCOC1CCCCC1. The van der Waals surface area contributed by atoms with Gasteiger partial charge in [0, 0.05) is 18.5 Å². The summed E-state index contributed by atoms with van der Waals surface area (Å²) in [6, 6.07) is 0.281. The molecular formula is C16H30N2O2. The Morgan fingerprint density at radius 3 is 2.65 bits per heavy atom. The molecule has 0 bridgehead atoms. The van der Waals surface area contributed by atoms with Gasteiger partial charge in [0.25, 0.3) is 0 Å². The van der Waals surface area contributed by atoms with Crippen LogP contribution in [0.5, 0.6) is 0 Å². The minimum atomic E-state index is 0.143. The monoisotopic (exact) mass is 282 g/mol. The lowest BCUT2D eigenvalue weighted by Gasteiger charge is -2.31. The Labute approximate surface area is 122 Å². The van der Waals surface area contributed by atoms with Crippen LogP contribution in [-0.2, 0) is 9.53 Å². The maximum absolute atomic E-state index is 12.2. The topological polar surface area (TPSA) is 64.4 Å². The average molecular weight is 282 g/mol. The van der Waals surface area contributed by atoms with Crippen LogP contribution in [0.2, 0.25) is 0 Å². The summed E-state index contributed by atoms with van der Waals surface area (Å²) in [5.41, 5.74) is 5.94. The zero-order valence-electron chi connectivity index (χ0n) is 12.8. The van der Waals surface area contributed by atoms with Crippen molar-refractivity contribution in [3.63, 3.8) is 0 Å². The van der Waals surface area contributed by atoms with Gasteiger partial charge in [0.15, 0.2) is 0 Å². The molecule has 2 rings (SSSR count). The maximum atomic E-state index is 12.2. The van der Waals surface area contributed by atoms with E-state index in [1.165, 1.54) is 32.1 Å². The van der Waals surface area contributed by atoms with Crippen LogP contribution in [0.4, 0.5) is 0 Å². The molecule has 4 heteroatoms. The van der Waals surface area contributed by atoms with E-state index in [1.54, 1.807) is 0 Å². The van der Waals surface area contributed by atoms with Gasteiger partial charge in [-0.1, -0.05) is 26.2 Å². The van der Waals surface area contributed by atoms with Crippen molar-refractivity contribution < 1.29 is 9.53 Å². The highest BCUT2D eigenvalue weighted by atomic mass is 16.5. The van der Waals surface area contributed by atoms with E-state index in [-0.39, 0.29) is 17.9 Å². The molecule has 3 N–H and O–H groups in total. The predicted octanol–water partition coefficient (Wildman–Crippen LogP) is 2.22. The van der Waals surface area contributed by atoms with Crippen molar-refractivity contribution in [1.29, 1.82) is 0 Å². The highest BCUT2D eigenvalue weighted by Crippen LogP contribution is 2.29. The zero-order chi connectivity index (χ0) is 14.4. The Balaban J connectivity index is 1.60. The van der Waals surface area contributed by atoms with Crippen LogP contribution in [0.3, 0.4) is 0 Å². The number of nitrogens with one attached hydrogen (secondary N) is 1. The first-order valence-corrected chi connectivity index (χ1v) is 8.31. The van der Waals surface area contributed by atoms with Crippen molar-refractivity contribution in [3.05, 3.63) is 0 Å². The maximum Gasteiger partial charge on any atom is 0.223 e. The lowest BCUT2D eigenvalue weighted by Crippen LogP contribution is -2.41. The number of hydrogen-bond acceptors (Lipinski definition) is 3. The van der Waals surface area contributed by atoms with Crippen LogP contribution in [0.15, 0.2) is 0 Å². The molecule has 0 radical (unpaired) electrons. The molecule has 0 saturated heterocycles. The number of nitrogens with two attached hydrogens (primary N) is 1. The molecule has 0 spiro atoms. The summed E-state index contributed by atoms with van der Waals surface area (Å²) < 4.78 is 5.83. The van der Waals surface area contributed by atoms with Gasteiger partial charge < -0.3 is 15.8 Å². The number of ether oxygens (including phenoxy) is 1. The first-order chi connectivity index (χ1) is 9.66. The van der Waals surface area contributed by atoms with Gasteiger partial charge >= 0.3 is 0 Å². The Kier molecular flexibility index (Phi) is 6.30. The van der Waals surface area contributed by atoms with Crippen LogP contribution in [-0.4, -0.2) is 31.2 Å². The fourth-order valence-corrected chi connectivity index (χ4v) is 3.59. The fraction of sp³-hybridized carbons (Fsp3) is 0.938. The lowest BCUT2D eigenvalue weighted by molar-refractivity contribution is -0.128. The summed E-state index contributed by atoms with van der Waals surface area (Å²) in [5, 5.41) is 3.03. The van der Waals surface area contributed by atoms with Gasteiger partial charge in [0.1, 0.15) is 0 Å². The second-order valence-electron chi connectivity index (χ2n) is 6.58. The minimum absolute atomic E-state index is 0.143. The Morgan fingerprint density at radius 1 is 1.20 bits per heavy atom. The highest BCUT2D eigenvalue weighted by molar-refractivity contribution is 5.79. The van der Waals surface area contributed by atoms with E-state index < -0.39 is 0 Å². The van der Waals surface area contributed by atoms with E-state index in [0.29, 0.717) is 25.2 Å². The minimum Gasteiger partial charge on any atom is -0.376 e. The van der Waals surface area contributed by atoms with Crippen LogP contribution in [0.1, 0.15) is 58.3 Å². The van der Waals surface area contributed by atoms with Gasteiger partial charge in [-0.15, -0.1) is 0 Å². The number of hydrogen-bond donors (Lipinski definition) is 2. The largest absolute Gasteiger partial charge is 0.376 e. The fourth-order valence-electron chi connectivity index (χ4n) is 3.59. The van der Waals surface area contributed by atoms with Crippen LogP contribution in [0.25, 0.3) is 0 Å². The molecule has 2 aliphatic rings. The van der Waals surface area contributed by atoms with Gasteiger partial charge in [-0.2, -0.15) is 0 Å². The quantitative estimate of drug-likeness (QED) is 0.760. The van der Waals surface area contributed by atoms with Gasteiger partial charge in [-0.25, -0.2) is 0 Å². The molecule has 3 atom stereocenters. The van der Waals surface area contributed by atoms with E-state index >= 15 is 0 Å². The van der Waals surface area contributed by atoms with Crippen LogP contribution >= 0.6 is 0 Å². The molecule has 0 aromatic rings. The molecule has 3 unspecified atom stereocenters. The summed E-state index contributed by atoms with van der Waals surface area (Å²) in [7, 11) is 0. The summed E-state index contributed by atoms with van der Waals surface area (Å²) in [4.78, 5) is 12.2. The highest BCUT2D eigenvalue weighted by Gasteiger charge is 2.30. The average Bonchev–Trinajstić information content (AvgIpc) is 2.44. The summed E-state index contributed by atoms with van der Waals surface area (Å²) in [6.07, 6.45) is 9.59. The summed E-state index contributed by atoms with van der Waals surface area (Å²) in [5.74, 6) is 0.735. The smallest absolute Gasteiger partial charge is 0.223 e. The predicted molar refractivity (Wildman–Crippen MR) is 80.3 cm³/mol. The van der Waals surface area contributed by atoms with Gasteiger partial charge in [-0.3, -0.25) is 4.79 Å². The second kappa shape index (κ2) is 7.99. The molecule has 2 fully saturated rings. The molecule has 0 aromatic carbocycles. The van der Waals surface area contributed by atoms with E-state index in [2.05, 4.69) is 12.2 Å². The molecule has 0 aromatic heterocycles. The van der Waals surface area contributed by atoms with E-state index in [0.717, 1.165) is 19.3 Å². The summed E-state index contributed by atoms with van der Waals surface area (Å²) in [6.45, 7) is 3.43. The van der Waals surface area contributed by atoms with Crippen molar-refractivity contribution >= 4 is 5.91 Å². The normalized spacial score (nSPS) is 32.0. The number of carbonyl (C=O) groups excluding carboxylic acids is 1. The standard InChI is InChI=1S/C16H30N2O2/c1-12-11-13(17)7-8-15(12)16(19)18-9-10-20-14-5-3-2-4-6-14/h12-15H,2-11,17H2,1H3,(H,18,19). The third kappa shape index (κ3) is 4.74. The van der Waals surface area contributed by atoms with E-state index in [1.807, 2.05) is 0 Å². The molecule has 1 amide bonds. The van der Waals surface area contributed by atoms with Gasteiger partial charge in [-0.05, 0) is 38.0 Å². The van der Waals surface area contributed by atoms with Crippen molar-refractivity contribution in [3.8, 4) is 0 Å². The molecule has 20 heavy (non-hydrogen) atoms. The van der Waals surface area contributed by atoms with E-state index in [9.17, 15) is 4.79 Å².